The Morgan fingerprint density at radius 3 is 2.45 bits per heavy atom. The van der Waals surface area contributed by atoms with Crippen LogP contribution in [0.2, 0.25) is 0 Å². The fourth-order valence-electron chi connectivity index (χ4n) is 1.81. The lowest BCUT2D eigenvalue weighted by molar-refractivity contribution is 0.476. The van der Waals surface area contributed by atoms with Crippen LogP contribution in [0.4, 0.5) is 4.39 Å². The van der Waals surface area contributed by atoms with Crippen LogP contribution in [-0.4, -0.2) is 11.5 Å². The van der Waals surface area contributed by atoms with E-state index in [0.29, 0.717) is 11.5 Å². The van der Waals surface area contributed by atoms with E-state index in [9.17, 15) is 4.39 Å². The molecule has 0 amide bonds. The molecule has 1 heterocycles. The van der Waals surface area contributed by atoms with Gasteiger partial charge in [-0.25, -0.2) is 4.39 Å². The minimum Gasteiger partial charge on any atom is -0.456 e. The van der Waals surface area contributed by atoms with Gasteiger partial charge in [0.15, 0.2) is 0 Å². The van der Waals surface area contributed by atoms with Crippen LogP contribution in [0.3, 0.4) is 0 Å². The number of benzene rings is 1. The molecule has 0 aliphatic rings. The molecule has 0 saturated carbocycles. The number of ether oxygens (including phenoxy) is 1. The van der Waals surface area contributed by atoms with Crippen molar-refractivity contribution >= 4 is 0 Å². The van der Waals surface area contributed by atoms with Crippen molar-refractivity contribution in [3.8, 4) is 11.5 Å². The molecule has 1 aromatic carbocycles. The molecular formula is C16H19FN2O. The summed E-state index contributed by atoms with van der Waals surface area (Å²) in [7, 11) is 0. The topological polar surface area (TPSA) is 34.1 Å². The summed E-state index contributed by atoms with van der Waals surface area (Å²) in [5.74, 6) is 0.961. The van der Waals surface area contributed by atoms with Gasteiger partial charge in [-0.05, 0) is 56.3 Å². The van der Waals surface area contributed by atoms with Crippen LogP contribution >= 0.6 is 0 Å². The van der Waals surface area contributed by atoms with E-state index in [1.165, 1.54) is 12.1 Å². The van der Waals surface area contributed by atoms with E-state index in [4.69, 9.17) is 4.74 Å². The standard InChI is InChI=1S/C16H19FN2O/c1-3-10-18-12(2)16-9-8-15(11-19-16)20-14-6-4-13(17)5-7-14/h4-9,11-12,18H,3,10H2,1-2H3. The highest BCUT2D eigenvalue weighted by Gasteiger charge is 2.06. The van der Waals surface area contributed by atoms with Crippen molar-refractivity contribution < 1.29 is 9.13 Å². The number of nitrogens with zero attached hydrogens (tertiary/aromatic N) is 1. The summed E-state index contributed by atoms with van der Waals surface area (Å²) >= 11 is 0. The number of halogens is 1. The van der Waals surface area contributed by atoms with Gasteiger partial charge < -0.3 is 10.1 Å². The first kappa shape index (κ1) is 14.5. The fourth-order valence-corrected chi connectivity index (χ4v) is 1.81. The van der Waals surface area contributed by atoms with E-state index in [1.807, 2.05) is 12.1 Å². The maximum Gasteiger partial charge on any atom is 0.145 e. The summed E-state index contributed by atoms with van der Waals surface area (Å²) in [5, 5.41) is 3.38. The second-order valence-corrected chi connectivity index (χ2v) is 4.65. The summed E-state index contributed by atoms with van der Waals surface area (Å²) in [6.07, 6.45) is 2.78. The maximum atomic E-state index is 12.8. The predicted molar refractivity (Wildman–Crippen MR) is 77.4 cm³/mol. The molecule has 2 rings (SSSR count). The summed E-state index contributed by atoms with van der Waals surface area (Å²) in [6.45, 7) is 5.18. The van der Waals surface area contributed by atoms with Gasteiger partial charge in [0, 0.05) is 6.04 Å². The largest absolute Gasteiger partial charge is 0.456 e. The molecule has 0 spiro atoms. The van der Waals surface area contributed by atoms with Gasteiger partial charge in [0.05, 0.1) is 11.9 Å². The Labute approximate surface area is 118 Å². The third-order valence-electron chi connectivity index (χ3n) is 2.95. The molecule has 1 atom stereocenters. The van der Waals surface area contributed by atoms with Crippen LogP contribution < -0.4 is 10.1 Å². The van der Waals surface area contributed by atoms with Crippen LogP contribution in [0.5, 0.6) is 11.5 Å². The molecule has 20 heavy (non-hydrogen) atoms. The molecule has 0 saturated heterocycles. The van der Waals surface area contributed by atoms with Crippen LogP contribution in [0.25, 0.3) is 0 Å². The molecule has 1 N–H and O–H groups in total. The summed E-state index contributed by atoms with van der Waals surface area (Å²) in [4.78, 5) is 4.38. The number of hydrogen-bond donors (Lipinski definition) is 1. The molecule has 3 nitrogen and oxygen atoms in total. The highest BCUT2D eigenvalue weighted by molar-refractivity contribution is 5.30. The molecular weight excluding hydrogens is 255 g/mol. The molecule has 106 valence electrons. The number of rotatable bonds is 6. The normalized spacial score (nSPS) is 12.2. The van der Waals surface area contributed by atoms with E-state index < -0.39 is 0 Å². The monoisotopic (exact) mass is 274 g/mol. The van der Waals surface area contributed by atoms with Crippen molar-refractivity contribution in [1.82, 2.24) is 10.3 Å². The molecule has 1 aromatic heterocycles. The van der Waals surface area contributed by atoms with E-state index in [2.05, 4.69) is 24.1 Å². The van der Waals surface area contributed by atoms with Crippen LogP contribution in [0.1, 0.15) is 32.0 Å². The highest BCUT2D eigenvalue weighted by Crippen LogP contribution is 2.21. The molecule has 0 bridgehead atoms. The first-order valence-corrected chi connectivity index (χ1v) is 6.82. The average Bonchev–Trinajstić information content (AvgIpc) is 2.48. The van der Waals surface area contributed by atoms with Crippen molar-refractivity contribution in [2.24, 2.45) is 0 Å². The van der Waals surface area contributed by atoms with Crippen molar-refractivity contribution in [3.05, 3.63) is 54.1 Å². The number of pyridine rings is 1. The Morgan fingerprint density at radius 2 is 1.85 bits per heavy atom. The first-order valence-electron chi connectivity index (χ1n) is 6.82. The van der Waals surface area contributed by atoms with Crippen LogP contribution in [-0.2, 0) is 0 Å². The van der Waals surface area contributed by atoms with Crippen LogP contribution in [0, 0.1) is 5.82 Å². The zero-order valence-electron chi connectivity index (χ0n) is 11.8. The highest BCUT2D eigenvalue weighted by atomic mass is 19.1. The zero-order valence-corrected chi connectivity index (χ0v) is 11.8. The summed E-state index contributed by atoms with van der Waals surface area (Å²) in [5.41, 5.74) is 0.977. The van der Waals surface area contributed by atoms with Gasteiger partial charge in [-0.1, -0.05) is 6.92 Å². The summed E-state index contributed by atoms with van der Waals surface area (Å²) < 4.78 is 18.4. The van der Waals surface area contributed by atoms with Gasteiger partial charge in [-0.15, -0.1) is 0 Å². The molecule has 0 fully saturated rings. The van der Waals surface area contributed by atoms with Crippen LogP contribution in [0.15, 0.2) is 42.6 Å². The van der Waals surface area contributed by atoms with Crippen molar-refractivity contribution in [3.63, 3.8) is 0 Å². The Hall–Kier alpha value is -1.94. The Morgan fingerprint density at radius 1 is 1.15 bits per heavy atom. The molecule has 1 unspecified atom stereocenters. The molecule has 0 radical (unpaired) electrons. The quantitative estimate of drug-likeness (QED) is 0.862. The summed E-state index contributed by atoms with van der Waals surface area (Å²) in [6, 6.07) is 9.95. The minimum absolute atomic E-state index is 0.217. The van der Waals surface area contributed by atoms with E-state index in [1.54, 1.807) is 18.3 Å². The third kappa shape index (κ3) is 4.03. The fraction of sp³-hybridized carbons (Fsp3) is 0.312. The lowest BCUT2D eigenvalue weighted by Crippen LogP contribution is -2.20. The predicted octanol–water partition coefficient (Wildman–Crippen LogP) is 4.07. The number of aromatic nitrogens is 1. The lowest BCUT2D eigenvalue weighted by atomic mass is 10.2. The van der Waals surface area contributed by atoms with Gasteiger partial charge >= 0.3 is 0 Å². The van der Waals surface area contributed by atoms with Crippen molar-refractivity contribution in [1.29, 1.82) is 0 Å². The Bertz CT molecular complexity index is 525. The van der Waals surface area contributed by atoms with Crippen molar-refractivity contribution in [2.45, 2.75) is 26.3 Å². The van der Waals surface area contributed by atoms with E-state index >= 15 is 0 Å². The molecule has 4 heteroatoms. The Kier molecular flexibility index (Phi) is 5.07. The van der Waals surface area contributed by atoms with E-state index in [0.717, 1.165) is 18.7 Å². The van der Waals surface area contributed by atoms with Gasteiger partial charge in [-0.3, -0.25) is 4.98 Å². The SMILES string of the molecule is CCCNC(C)c1ccc(Oc2ccc(F)cc2)cn1. The van der Waals surface area contributed by atoms with Gasteiger partial charge in [0.2, 0.25) is 0 Å². The lowest BCUT2D eigenvalue weighted by Gasteiger charge is -2.13. The number of nitrogens with one attached hydrogen (secondary N) is 1. The second kappa shape index (κ2) is 7.01. The smallest absolute Gasteiger partial charge is 0.145 e. The first-order chi connectivity index (χ1) is 9.69. The molecule has 0 aliphatic carbocycles. The third-order valence-corrected chi connectivity index (χ3v) is 2.95. The molecule has 2 aromatic rings. The van der Waals surface area contributed by atoms with Crippen molar-refractivity contribution in [2.75, 3.05) is 6.54 Å². The Balaban J connectivity index is 1.99. The second-order valence-electron chi connectivity index (χ2n) is 4.65. The van der Waals surface area contributed by atoms with Gasteiger partial charge in [0.1, 0.15) is 17.3 Å². The maximum absolute atomic E-state index is 12.8. The van der Waals surface area contributed by atoms with Gasteiger partial charge in [0.25, 0.3) is 0 Å². The minimum atomic E-state index is -0.276. The molecule has 0 aliphatic heterocycles. The van der Waals surface area contributed by atoms with E-state index in [-0.39, 0.29) is 11.9 Å². The average molecular weight is 274 g/mol. The number of hydrogen-bond acceptors (Lipinski definition) is 3. The van der Waals surface area contributed by atoms with Gasteiger partial charge in [-0.2, -0.15) is 0 Å². The zero-order chi connectivity index (χ0) is 14.4.